The second-order valence-electron chi connectivity index (χ2n) is 6.29. The fraction of sp³-hybridized carbons (Fsp3) is 0.588. The summed E-state index contributed by atoms with van der Waals surface area (Å²) < 4.78 is 5.44. The van der Waals surface area contributed by atoms with Crippen LogP contribution in [-0.2, 0) is 4.74 Å². The first-order chi connectivity index (χ1) is 11.7. The summed E-state index contributed by atoms with van der Waals surface area (Å²) in [5.41, 5.74) is 7.66. The Kier molecular flexibility index (Phi) is 5.55. The van der Waals surface area contributed by atoms with Gasteiger partial charge in [0, 0.05) is 52.5 Å². The zero-order valence-corrected chi connectivity index (χ0v) is 14.3. The van der Waals surface area contributed by atoms with E-state index in [1.807, 2.05) is 30.3 Å². The Balaban J connectivity index is 1.89. The summed E-state index contributed by atoms with van der Waals surface area (Å²) in [5.74, 6) is 0. The smallest absolute Gasteiger partial charge is 0.334 e. The molecule has 1 aromatic rings. The topological polar surface area (TPSA) is 74.1 Å². The lowest BCUT2D eigenvalue weighted by Gasteiger charge is -2.40. The van der Waals surface area contributed by atoms with Crippen LogP contribution >= 0.6 is 0 Å². The summed E-state index contributed by atoms with van der Waals surface area (Å²) >= 11 is 0. The lowest BCUT2D eigenvalue weighted by Crippen LogP contribution is -2.54. The van der Waals surface area contributed by atoms with E-state index >= 15 is 0 Å². The van der Waals surface area contributed by atoms with Crippen LogP contribution in [0, 0.1) is 0 Å². The highest BCUT2D eigenvalue weighted by Crippen LogP contribution is 2.31. The Bertz CT molecular complexity index is 556. The number of anilines is 2. The minimum Gasteiger partial charge on any atom is -0.381 e. The molecule has 2 heterocycles. The first kappa shape index (κ1) is 17.0. The highest BCUT2D eigenvalue weighted by molar-refractivity contribution is 5.93. The molecule has 2 aliphatic heterocycles. The number of primary amides is 1. The number of rotatable bonds is 4. The molecule has 0 aliphatic carbocycles. The molecule has 0 bridgehead atoms. The van der Waals surface area contributed by atoms with Gasteiger partial charge >= 0.3 is 6.03 Å². The Morgan fingerprint density at radius 2 is 1.92 bits per heavy atom. The molecule has 7 heteroatoms. The van der Waals surface area contributed by atoms with E-state index in [1.165, 1.54) is 0 Å². The van der Waals surface area contributed by atoms with E-state index in [0.29, 0.717) is 0 Å². The quantitative estimate of drug-likeness (QED) is 0.805. The second kappa shape index (κ2) is 7.83. The van der Waals surface area contributed by atoms with E-state index in [4.69, 9.17) is 10.5 Å². The van der Waals surface area contributed by atoms with Crippen LogP contribution in [0.25, 0.3) is 0 Å². The third kappa shape index (κ3) is 3.63. The van der Waals surface area contributed by atoms with Crippen LogP contribution in [0.1, 0.15) is 12.8 Å². The standard InChI is InChI=1S/C17H27N5O2/c1-20(14-6-12-24-13-7-14)22(17(18)23)16-5-3-2-4-15(16)21-10-8-19-9-11-21/h2-5,14,19H,6-13H2,1H3,(H2,18,23). The van der Waals surface area contributed by atoms with Crippen molar-refractivity contribution in [2.75, 3.05) is 56.3 Å². The normalized spacial score (nSPS) is 19.5. The number of hydrogen-bond acceptors (Lipinski definition) is 5. The zero-order valence-electron chi connectivity index (χ0n) is 14.3. The molecule has 7 nitrogen and oxygen atoms in total. The van der Waals surface area contributed by atoms with Gasteiger partial charge in [0.25, 0.3) is 0 Å². The van der Waals surface area contributed by atoms with Gasteiger partial charge in [0.1, 0.15) is 0 Å². The first-order valence-electron chi connectivity index (χ1n) is 8.63. The molecule has 0 spiro atoms. The van der Waals surface area contributed by atoms with E-state index in [2.05, 4.69) is 16.3 Å². The number of nitrogens with two attached hydrogens (primary N) is 1. The molecule has 2 fully saturated rings. The molecular weight excluding hydrogens is 306 g/mol. The van der Waals surface area contributed by atoms with Crippen LogP contribution in [0.4, 0.5) is 16.2 Å². The number of piperazine rings is 1. The van der Waals surface area contributed by atoms with Crippen molar-refractivity contribution >= 4 is 17.4 Å². The molecule has 0 aromatic heterocycles. The lowest BCUT2D eigenvalue weighted by atomic mass is 10.1. The molecule has 0 radical (unpaired) electrons. The van der Waals surface area contributed by atoms with Gasteiger partial charge in [0.2, 0.25) is 0 Å². The molecule has 1 aromatic carbocycles. The fourth-order valence-electron chi connectivity index (χ4n) is 3.48. The molecule has 2 aliphatic rings. The SMILES string of the molecule is CN(C1CCOCC1)N(C(N)=O)c1ccccc1N1CCNCC1. The molecular formula is C17H27N5O2. The van der Waals surface area contributed by atoms with Gasteiger partial charge in [-0.25, -0.2) is 14.8 Å². The van der Waals surface area contributed by atoms with Gasteiger partial charge < -0.3 is 20.7 Å². The minimum absolute atomic E-state index is 0.252. The summed E-state index contributed by atoms with van der Waals surface area (Å²) in [6.07, 6.45) is 1.80. The van der Waals surface area contributed by atoms with Crippen molar-refractivity contribution < 1.29 is 9.53 Å². The van der Waals surface area contributed by atoms with E-state index in [9.17, 15) is 4.79 Å². The number of urea groups is 1. The number of carbonyl (C=O) groups excluding carboxylic acids is 1. The third-order valence-electron chi connectivity index (χ3n) is 4.81. The van der Waals surface area contributed by atoms with Crippen LogP contribution in [0.2, 0.25) is 0 Å². The lowest BCUT2D eigenvalue weighted by molar-refractivity contribution is 0.0420. The molecule has 0 atom stereocenters. The molecule has 3 rings (SSSR count). The van der Waals surface area contributed by atoms with Crippen LogP contribution in [0.15, 0.2) is 24.3 Å². The van der Waals surface area contributed by atoms with Crippen LogP contribution < -0.4 is 21.0 Å². The van der Waals surface area contributed by atoms with Crippen LogP contribution in [-0.4, -0.2) is 63.5 Å². The number of nitrogens with one attached hydrogen (secondary N) is 1. The van der Waals surface area contributed by atoms with Crippen molar-refractivity contribution in [1.29, 1.82) is 0 Å². The fourth-order valence-corrected chi connectivity index (χ4v) is 3.48. The summed E-state index contributed by atoms with van der Waals surface area (Å²) in [6, 6.07) is 7.80. The number of hydrogen-bond donors (Lipinski definition) is 2. The van der Waals surface area contributed by atoms with Gasteiger partial charge in [-0.15, -0.1) is 0 Å². The molecule has 0 saturated carbocycles. The molecule has 2 amide bonds. The van der Waals surface area contributed by atoms with Gasteiger partial charge in [-0.3, -0.25) is 0 Å². The summed E-state index contributed by atoms with van der Waals surface area (Å²) in [7, 11) is 1.94. The molecule has 2 saturated heterocycles. The summed E-state index contributed by atoms with van der Waals surface area (Å²) in [6.45, 7) is 5.18. The number of ether oxygens (including phenoxy) is 1. The van der Waals surface area contributed by atoms with E-state index in [0.717, 1.165) is 63.6 Å². The Labute approximate surface area is 143 Å². The minimum atomic E-state index is -0.452. The largest absolute Gasteiger partial charge is 0.381 e. The molecule has 24 heavy (non-hydrogen) atoms. The van der Waals surface area contributed by atoms with Gasteiger partial charge in [0.15, 0.2) is 0 Å². The number of para-hydroxylation sites is 2. The molecule has 0 unspecified atom stereocenters. The van der Waals surface area contributed by atoms with Gasteiger partial charge in [-0.05, 0) is 25.0 Å². The maximum Gasteiger partial charge on any atom is 0.334 e. The predicted molar refractivity (Wildman–Crippen MR) is 95.2 cm³/mol. The number of hydrazine groups is 1. The summed E-state index contributed by atoms with van der Waals surface area (Å²) in [5, 5.41) is 6.96. The van der Waals surface area contributed by atoms with Gasteiger partial charge in [0.05, 0.1) is 11.4 Å². The average molecular weight is 333 g/mol. The van der Waals surface area contributed by atoms with E-state index < -0.39 is 6.03 Å². The van der Waals surface area contributed by atoms with Crippen molar-refractivity contribution in [2.45, 2.75) is 18.9 Å². The van der Waals surface area contributed by atoms with Gasteiger partial charge in [-0.1, -0.05) is 12.1 Å². The van der Waals surface area contributed by atoms with E-state index in [-0.39, 0.29) is 6.04 Å². The predicted octanol–water partition coefficient (Wildman–Crippen LogP) is 1.01. The Morgan fingerprint density at radius 1 is 1.25 bits per heavy atom. The van der Waals surface area contributed by atoms with Gasteiger partial charge in [-0.2, -0.15) is 0 Å². The molecule has 132 valence electrons. The van der Waals surface area contributed by atoms with Crippen LogP contribution in [0.5, 0.6) is 0 Å². The maximum absolute atomic E-state index is 12.3. The maximum atomic E-state index is 12.3. The average Bonchev–Trinajstić information content (AvgIpc) is 2.63. The van der Waals surface area contributed by atoms with Crippen LogP contribution in [0.3, 0.4) is 0 Å². The van der Waals surface area contributed by atoms with E-state index in [1.54, 1.807) is 5.01 Å². The Hall–Kier alpha value is -1.83. The number of nitrogens with zero attached hydrogens (tertiary/aromatic N) is 3. The molecule has 3 N–H and O–H groups in total. The van der Waals surface area contributed by atoms with Crippen molar-refractivity contribution in [3.05, 3.63) is 24.3 Å². The van der Waals surface area contributed by atoms with Crippen molar-refractivity contribution in [2.24, 2.45) is 5.73 Å². The monoisotopic (exact) mass is 333 g/mol. The summed E-state index contributed by atoms with van der Waals surface area (Å²) in [4.78, 5) is 14.6. The highest BCUT2D eigenvalue weighted by atomic mass is 16.5. The highest BCUT2D eigenvalue weighted by Gasteiger charge is 2.29. The number of carbonyl (C=O) groups is 1. The number of benzene rings is 1. The number of amides is 2. The van der Waals surface area contributed by atoms with Crippen molar-refractivity contribution in [3.8, 4) is 0 Å². The van der Waals surface area contributed by atoms with Crippen molar-refractivity contribution in [3.63, 3.8) is 0 Å². The zero-order chi connectivity index (χ0) is 16.9. The Morgan fingerprint density at radius 3 is 2.58 bits per heavy atom. The van der Waals surface area contributed by atoms with Crippen molar-refractivity contribution in [1.82, 2.24) is 10.3 Å². The third-order valence-corrected chi connectivity index (χ3v) is 4.81. The second-order valence-corrected chi connectivity index (χ2v) is 6.29. The first-order valence-corrected chi connectivity index (χ1v) is 8.63.